The predicted octanol–water partition coefficient (Wildman–Crippen LogP) is 3.78. The van der Waals surface area contributed by atoms with Crippen molar-refractivity contribution in [2.24, 2.45) is 5.10 Å². The molecule has 0 aliphatic rings. The highest BCUT2D eigenvalue weighted by atomic mass is 35.5. The van der Waals surface area contributed by atoms with Crippen LogP contribution in [0, 0.1) is 6.92 Å². The maximum absolute atomic E-state index is 12.6. The molecule has 3 rings (SSSR count). The lowest BCUT2D eigenvalue weighted by Gasteiger charge is -2.10. The van der Waals surface area contributed by atoms with E-state index in [4.69, 9.17) is 11.6 Å². The number of sulfone groups is 1. The summed E-state index contributed by atoms with van der Waals surface area (Å²) >= 11 is 5.96. The van der Waals surface area contributed by atoms with E-state index in [9.17, 15) is 16.8 Å². The number of hydrogen-bond acceptors (Lipinski definition) is 5. The average molecular weight is 463 g/mol. The van der Waals surface area contributed by atoms with Crippen LogP contribution in [0.1, 0.15) is 16.7 Å². The van der Waals surface area contributed by atoms with Crippen LogP contribution in [0.3, 0.4) is 0 Å². The van der Waals surface area contributed by atoms with Crippen LogP contribution in [0.2, 0.25) is 5.02 Å². The lowest BCUT2D eigenvalue weighted by Crippen LogP contribution is -2.21. The van der Waals surface area contributed by atoms with Gasteiger partial charge in [0.2, 0.25) is 0 Å². The highest BCUT2D eigenvalue weighted by Gasteiger charge is 2.15. The zero-order valence-electron chi connectivity index (χ0n) is 16.2. The molecular weight excluding hydrogens is 444 g/mol. The minimum absolute atomic E-state index is 0.0831. The molecule has 30 heavy (non-hydrogen) atoms. The molecule has 3 aromatic rings. The zero-order valence-corrected chi connectivity index (χ0v) is 18.6. The Kier molecular flexibility index (Phi) is 6.30. The molecule has 0 saturated carbocycles. The normalized spacial score (nSPS) is 12.6. The van der Waals surface area contributed by atoms with Crippen molar-refractivity contribution < 1.29 is 16.8 Å². The van der Waals surface area contributed by atoms with Gasteiger partial charge in [0.1, 0.15) is 0 Å². The Morgan fingerprint density at radius 1 is 0.767 bits per heavy atom. The molecule has 0 heterocycles. The van der Waals surface area contributed by atoms with E-state index in [1.165, 1.54) is 24.3 Å². The molecular formula is C21H19ClN2O4S2. The van der Waals surface area contributed by atoms with Gasteiger partial charge in [0, 0.05) is 22.4 Å². The van der Waals surface area contributed by atoms with Gasteiger partial charge in [-0.1, -0.05) is 53.6 Å². The van der Waals surface area contributed by atoms with Gasteiger partial charge in [0.25, 0.3) is 10.0 Å². The number of nitrogens with zero attached hydrogens (tertiary/aromatic N) is 1. The minimum atomic E-state index is -3.89. The molecule has 0 amide bonds. The van der Waals surface area contributed by atoms with Crippen molar-refractivity contribution in [3.8, 4) is 0 Å². The fraction of sp³-hybridized carbons (Fsp3) is 0.0952. The van der Waals surface area contributed by atoms with Crippen molar-refractivity contribution in [3.05, 3.63) is 94.5 Å². The molecule has 0 saturated heterocycles. The largest absolute Gasteiger partial charge is 0.276 e. The highest BCUT2D eigenvalue weighted by molar-refractivity contribution is 7.90. The maximum atomic E-state index is 12.6. The number of sulfonamides is 1. The molecule has 0 radical (unpaired) electrons. The summed E-state index contributed by atoms with van der Waals surface area (Å²) in [5.41, 5.74) is 2.40. The Morgan fingerprint density at radius 2 is 1.23 bits per heavy atom. The number of nitrogens with one attached hydrogen (secondary N) is 1. The topological polar surface area (TPSA) is 92.7 Å². The van der Waals surface area contributed by atoms with E-state index in [1.807, 2.05) is 6.92 Å². The molecule has 3 aromatic carbocycles. The number of halogens is 1. The van der Waals surface area contributed by atoms with Crippen LogP contribution >= 0.6 is 11.6 Å². The summed E-state index contributed by atoms with van der Waals surface area (Å²) in [6, 6.07) is 19.1. The summed E-state index contributed by atoms with van der Waals surface area (Å²) in [5.74, 6) is 0. The lowest BCUT2D eigenvalue weighted by molar-refractivity contribution is 0.584. The molecule has 0 bridgehead atoms. The van der Waals surface area contributed by atoms with E-state index in [2.05, 4.69) is 9.93 Å². The molecule has 0 spiro atoms. The summed E-state index contributed by atoms with van der Waals surface area (Å²) in [7, 11) is -7.25. The van der Waals surface area contributed by atoms with E-state index in [0.29, 0.717) is 21.9 Å². The molecule has 6 nitrogen and oxygen atoms in total. The minimum Gasteiger partial charge on any atom is -0.224 e. The number of rotatable bonds is 6. The zero-order chi connectivity index (χ0) is 21.9. The summed E-state index contributed by atoms with van der Waals surface area (Å²) in [4.78, 5) is 2.50. The highest BCUT2D eigenvalue weighted by Crippen LogP contribution is 2.18. The predicted molar refractivity (Wildman–Crippen MR) is 118 cm³/mol. The Bertz CT molecular complexity index is 1280. The molecule has 156 valence electrons. The van der Waals surface area contributed by atoms with Gasteiger partial charge in [-0.15, -0.1) is 0 Å². The van der Waals surface area contributed by atoms with Crippen LogP contribution in [0.25, 0.3) is 0 Å². The van der Waals surface area contributed by atoms with E-state index in [1.54, 1.807) is 48.5 Å². The van der Waals surface area contributed by atoms with Gasteiger partial charge in [-0.3, -0.25) is 0 Å². The van der Waals surface area contributed by atoms with Crippen molar-refractivity contribution >= 4 is 37.2 Å². The summed E-state index contributed by atoms with van der Waals surface area (Å²) in [5, 5.41) is 4.66. The quantitative estimate of drug-likeness (QED) is 0.445. The van der Waals surface area contributed by atoms with Crippen LogP contribution in [-0.4, -0.2) is 28.8 Å². The second-order valence-electron chi connectivity index (χ2n) is 6.67. The first kappa shape index (κ1) is 22.0. The van der Waals surface area contributed by atoms with Gasteiger partial charge in [0.05, 0.1) is 15.5 Å². The third-order valence-corrected chi connectivity index (χ3v) is 6.89. The first-order valence-corrected chi connectivity index (χ1v) is 12.5. The van der Waals surface area contributed by atoms with E-state index in [0.717, 1.165) is 11.8 Å². The Hall–Kier alpha value is -2.68. The fourth-order valence-electron chi connectivity index (χ4n) is 2.64. The molecule has 9 heteroatoms. The van der Waals surface area contributed by atoms with Gasteiger partial charge in [-0.25, -0.2) is 8.42 Å². The van der Waals surface area contributed by atoms with Crippen LogP contribution < -0.4 is 4.83 Å². The standard InChI is InChI=1S/C21H19ClN2O4S2/c1-15-3-11-20(12-4-15)30(27,28)24-23-21(16-5-9-18(22)10-6-16)17-7-13-19(14-8-17)29(2,25)26/h3-14,24H,1-2H3. The summed E-state index contributed by atoms with van der Waals surface area (Å²) in [6.07, 6.45) is 1.12. The lowest BCUT2D eigenvalue weighted by atomic mass is 10.0. The van der Waals surface area contributed by atoms with Crippen LogP contribution in [0.15, 0.2) is 87.7 Å². The van der Waals surface area contributed by atoms with Gasteiger partial charge >= 0.3 is 0 Å². The monoisotopic (exact) mass is 462 g/mol. The second kappa shape index (κ2) is 8.59. The smallest absolute Gasteiger partial charge is 0.224 e. The third-order valence-electron chi connectivity index (χ3n) is 4.28. The fourth-order valence-corrected chi connectivity index (χ4v) is 4.21. The maximum Gasteiger partial charge on any atom is 0.276 e. The van der Waals surface area contributed by atoms with Crippen molar-refractivity contribution in [1.29, 1.82) is 0 Å². The molecule has 0 fully saturated rings. The first-order chi connectivity index (χ1) is 14.1. The molecule has 0 aliphatic carbocycles. The number of hydrazone groups is 1. The van der Waals surface area contributed by atoms with Crippen LogP contribution in [-0.2, 0) is 19.9 Å². The van der Waals surface area contributed by atoms with Crippen LogP contribution in [0.4, 0.5) is 0 Å². The number of hydrogen-bond donors (Lipinski definition) is 1. The number of benzene rings is 3. The molecule has 1 N–H and O–H groups in total. The summed E-state index contributed by atoms with van der Waals surface area (Å²) in [6.45, 7) is 1.86. The Morgan fingerprint density at radius 3 is 1.73 bits per heavy atom. The van der Waals surface area contributed by atoms with Crippen molar-refractivity contribution in [1.82, 2.24) is 4.83 Å². The molecule has 0 aliphatic heterocycles. The SMILES string of the molecule is Cc1ccc(S(=O)(=O)NN=C(c2ccc(Cl)cc2)c2ccc(S(C)(=O)=O)cc2)cc1. The Labute approximate surface area is 181 Å². The molecule has 0 unspecified atom stereocenters. The first-order valence-electron chi connectivity index (χ1n) is 8.79. The van der Waals surface area contributed by atoms with Crippen molar-refractivity contribution in [2.75, 3.05) is 6.26 Å². The third kappa shape index (κ3) is 5.27. The van der Waals surface area contributed by atoms with Crippen LogP contribution in [0.5, 0.6) is 0 Å². The molecule has 0 atom stereocenters. The average Bonchev–Trinajstić information content (AvgIpc) is 2.69. The number of aryl methyl sites for hydroxylation is 1. The Balaban J connectivity index is 2.03. The second-order valence-corrected chi connectivity index (χ2v) is 10.8. The van der Waals surface area contributed by atoms with Gasteiger partial charge < -0.3 is 0 Å². The molecule has 0 aromatic heterocycles. The van der Waals surface area contributed by atoms with E-state index >= 15 is 0 Å². The van der Waals surface area contributed by atoms with E-state index < -0.39 is 19.9 Å². The van der Waals surface area contributed by atoms with Gasteiger partial charge in [-0.05, 0) is 43.3 Å². The van der Waals surface area contributed by atoms with Gasteiger partial charge in [-0.2, -0.15) is 18.4 Å². The van der Waals surface area contributed by atoms with Gasteiger partial charge in [0.15, 0.2) is 9.84 Å². The van der Waals surface area contributed by atoms with E-state index in [-0.39, 0.29) is 9.79 Å². The van der Waals surface area contributed by atoms with Crippen molar-refractivity contribution in [3.63, 3.8) is 0 Å². The summed E-state index contributed by atoms with van der Waals surface area (Å²) < 4.78 is 48.7. The van der Waals surface area contributed by atoms with Crippen molar-refractivity contribution in [2.45, 2.75) is 16.7 Å².